The number of hydrogen-bond acceptors (Lipinski definition) is 1. The molecule has 0 heterocycles. The van der Waals surface area contributed by atoms with Gasteiger partial charge in [0.2, 0.25) is 5.91 Å². The van der Waals surface area contributed by atoms with Crippen LogP contribution in [0, 0.1) is 17.7 Å². The van der Waals surface area contributed by atoms with E-state index in [9.17, 15) is 13.6 Å². The Labute approximate surface area is 165 Å². The Hall–Kier alpha value is -1.31. The van der Waals surface area contributed by atoms with Crippen molar-refractivity contribution in [2.24, 2.45) is 11.8 Å². The number of allylic oxidation sites excluding steroid dienone is 4. The highest BCUT2D eigenvalue weighted by atomic mass is 127. The molecule has 0 bridgehead atoms. The van der Waals surface area contributed by atoms with Crippen molar-refractivity contribution >= 4 is 28.8 Å². The van der Waals surface area contributed by atoms with Crippen LogP contribution in [0.4, 0.5) is 13.2 Å². The molecule has 1 N–H and O–H groups in total. The van der Waals surface area contributed by atoms with Crippen molar-refractivity contribution in [3.05, 3.63) is 60.0 Å². The zero-order chi connectivity index (χ0) is 18.7. The van der Waals surface area contributed by atoms with Crippen molar-refractivity contribution in [1.82, 2.24) is 3.53 Å². The topological polar surface area (TPSA) is 29.1 Å². The first-order valence-corrected chi connectivity index (χ1v) is 9.88. The Kier molecular flexibility index (Phi) is 6.10. The molecule has 0 saturated carbocycles. The monoisotopic (exact) mass is 475 g/mol. The molecule has 1 aromatic carbocycles. The summed E-state index contributed by atoms with van der Waals surface area (Å²) in [6.07, 6.45) is 6.21. The van der Waals surface area contributed by atoms with Crippen LogP contribution in [0.1, 0.15) is 31.2 Å². The average Bonchev–Trinajstić information content (AvgIpc) is 2.66. The molecule has 6 heteroatoms. The van der Waals surface area contributed by atoms with Gasteiger partial charge in [0.05, 0.1) is 28.3 Å². The van der Waals surface area contributed by atoms with Crippen LogP contribution < -0.4 is 3.53 Å². The van der Waals surface area contributed by atoms with Gasteiger partial charge in [-0.3, -0.25) is 8.32 Å². The molecule has 1 aromatic rings. The zero-order valence-corrected chi connectivity index (χ0v) is 16.3. The summed E-state index contributed by atoms with van der Waals surface area (Å²) < 4.78 is 44.9. The van der Waals surface area contributed by atoms with Gasteiger partial charge in [-0.2, -0.15) is 0 Å². The molecule has 2 aliphatic carbocycles. The second-order valence-corrected chi connectivity index (χ2v) is 7.47. The van der Waals surface area contributed by atoms with Crippen molar-refractivity contribution in [2.45, 2.75) is 43.4 Å². The lowest BCUT2D eigenvalue weighted by molar-refractivity contribution is -0.129. The number of rotatable bonds is 4. The Morgan fingerprint density at radius 3 is 2.38 bits per heavy atom. The Morgan fingerprint density at radius 2 is 1.81 bits per heavy atom. The van der Waals surface area contributed by atoms with Gasteiger partial charge in [-0.15, -0.1) is 0 Å². The number of carbonyl (C=O) groups is 1. The van der Waals surface area contributed by atoms with Crippen LogP contribution in [0.15, 0.2) is 48.6 Å². The van der Waals surface area contributed by atoms with Gasteiger partial charge in [0.15, 0.2) is 0 Å². The Balaban J connectivity index is 2.21. The third-order valence-corrected chi connectivity index (χ3v) is 6.03. The predicted molar refractivity (Wildman–Crippen MR) is 104 cm³/mol. The number of benzene rings is 1. The van der Waals surface area contributed by atoms with Crippen LogP contribution in [-0.4, -0.2) is 18.3 Å². The maximum absolute atomic E-state index is 15.0. The average molecular weight is 475 g/mol. The van der Waals surface area contributed by atoms with Crippen LogP contribution >= 0.6 is 22.9 Å². The number of hydrogen-bond donors (Lipinski definition) is 1. The molecular weight excluding hydrogens is 454 g/mol. The second-order valence-electron chi connectivity index (χ2n) is 6.93. The molecule has 140 valence electrons. The van der Waals surface area contributed by atoms with Crippen LogP contribution in [0.2, 0.25) is 0 Å². The molecule has 5 atom stereocenters. The van der Waals surface area contributed by atoms with Crippen molar-refractivity contribution in [2.75, 3.05) is 0 Å². The Bertz CT molecular complexity index is 706. The van der Waals surface area contributed by atoms with E-state index >= 15 is 4.39 Å². The fourth-order valence-corrected chi connectivity index (χ4v) is 4.76. The molecule has 0 radical (unpaired) electrons. The van der Waals surface area contributed by atoms with E-state index in [1.807, 2.05) is 6.08 Å². The molecule has 1 amide bonds. The third kappa shape index (κ3) is 3.44. The van der Waals surface area contributed by atoms with Gasteiger partial charge < -0.3 is 0 Å². The third-order valence-electron chi connectivity index (χ3n) is 5.54. The van der Waals surface area contributed by atoms with Crippen LogP contribution in [-0.2, 0) is 10.2 Å². The minimum Gasteiger partial charge on any atom is -0.298 e. The molecule has 0 aliphatic heterocycles. The summed E-state index contributed by atoms with van der Waals surface area (Å²) in [6.45, 7) is 0. The van der Waals surface area contributed by atoms with Gasteiger partial charge in [0.1, 0.15) is 18.2 Å². The van der Waals surface area contributed by atoms with Crippen molar-refractivity contribution in [3.63, 3.8) is 0 Å². The number of alkyl halides is 2. The summed E-state index contributed by atoms with van der Waals surface area (Å²) in [7, 11) is 0. The quantitative estimate of drug-likeness (QED) is 0.365. The lowest BCUT2D eigenvalue weighted by Gasteiger charge is -2.46. The van der Waals surface area contributed by atoms with E-state index in [0.29, 0.717) is 24.8 Å². The molecule has 0 saturated heterocycles. The fourth-order valence-electron chi connectivity index (χ4n) is 4.31. The van der Waals surface area contributed by atoms with Crippen LogP contribution in [0.5, 0.6) is 0 Å². The van der Waals surface area contributed by atoms with Gasteiger partial charge in [0.25, 0.3) is 0 Å². The molecular formula is C20H21F3INO. The minimum absolute atomic E-state index is 0.284. The molecule has 0 fully saturated rings. The van der Waals surface area contributed by atoms with E-state index in [0.717, 1.165) is 0 Å². The van der Waals surface area contributed by atoms with Crippen molar-refractivity contribution in [1.29, 1.82) is 0 Å². The Morgan fingerprint density at radius 1 is 1.08 bits per heavy atom. The van der Waals surface area contributed by atoms with Gasteiger partial charge in [-0.1, -0.05) is 36.4 Å². The largest absolute Gasteiger partial charge is 0.298 e. The lowest BCUT2D eigenvalue weighted by atomic mass is 9.57. The van der Waals surface area contributed by atoms with E-state index in [1.165, 1.54) is 18.2 Å². The molecule has 26 heavy (non-hydrogen) atoms. The molecule has 3 rings (SSSR count). The molecule has 0 aromatic heterocycles. The first-order valence-electron chi connectivity index (χ1n) is 8.80. The van der Waals surface area contributed by atoms with E-state index < -0.39 is 29.5 Å². The minimum atomic E-state index is -1.25. The summed E-state index contributed by atoms with van der Waals surface area (Å²) in [6, 6.07) is 5.67. The first kappa shape index (κ1) is 19.5. The van der Waals surface area contributed by atoms with Gasteiger partial charge in [-0.05, 0) is 49.3 Å². The normalized spacial score (nSPS) is 30.6. The highest BCUT2D eigenvalue weighted by molar-refractivity contribution is 14.1. The van der Waals surface area contributed by atoms with E-state index in [-0.39, 0.29) is 18.2 Å². The van der Waals surface area contributed by atoms with E-state index in [4.69, 9.17) is 0 Å². The molecule has 2 nitrogen and oxygen atoms in total. The van der Waals surface area contributed by atoms with E-state index in [1.54, 1.807) is 47.1 Å². The lowest BCUT2D eigenvalue weighted by Crippen LogP contribution is -2.55. The van der Waals surface area contributed by atoms with Gasteiger partial charge >= 0.3 is 0 Å². The SMILES string of the molecule is O=C(NI)C(c1ccc(F)cc1)(C1C=CC(F)CC1)C1C=CCCC1F. The van der Waals surface area contributed by atoms with Gasteiger partial charge in [0, 0.05) is 5.92 Å². The second kappa shape index (κ2) is 8.15. The zero-order valence-electron chi connectivity index (χ0n) is 14.2. The highest BCUT2D eigenvalue weighted by Gasteiger charge is 2.54. The smallest absolute Gasteiger partial charge is 0.240 e. The van der Waals surface area contributed by atoms with Crippen LogP contribution in [0.25, 0.3) is 0 Å². The maximum Gasteiger partial charge on any atom is 0.240 e. The summed E-state index contributed by atoms with van der Waals surface area (Å²) in [5, 5.41) is 0. The summed E-state index contributed by atoms with van der Waals surface area (Å²) in [5.41, 5.74) is -0.693. The molecule has 2 aliphatic rings. The maximum atomic E-state index is 15.0. The first-order chi connectivity index (χ1) is 12.5. The fraction of sp³-hybridized carbons (Fsp3) is 0.450. The number of amides is 1. The summed E-state index contributed by atoms with van der Waals surface area (Å²) in [4.78, 5) is 13.2. The van der Waals surface area contributed by atoms with Crippen molar-refractivity contribution < 1.29 is 18.0 Å². The number of halogens is 4. The summed E-state index contributed by atoms with van der Waals surface area (Å²) in [5.74, 6) is -1.82. The highest BCUT2D eigenvalue weighted by Crippen LogP contribution is 2.49. The van der Waals surface area contributed by atoms with Gasteiger partial charge in [-0.25, -0.2) is 13.2 Å². The number of carbonyl (C=O) groups excluding carboxylic acids is 1. The molecule has 0 spiro atoms. The van der Waals surface area contributed by atoms with Crippen molar-refractivity contribution in [3.8, 4) is 0 Å². The molecule has 5 unspecified atom stereocenters. The van der Waals surface area contributed by atoms with Crippen LogP contribution in [0.3, 0.4) is 0 Å². The predicted octanol–water partition coefficient (Wildman–Crippen LogP) is 5.14. The summed E-state index contributed by atoms with van der Waals surface area (Å²) >= 11 is 1.76. The standard InChI is InChI=1S/C20H21F3INO/c21-15-9-5-13(6-10-15)20(19(26)25-24,14-7-11-16(22)12-8-14)17-3-1-2-4-18(17)23/h1,3,5-7,9-11,14,16-18H,2,4,8,12H2,(H,25,26). The number of nitrogens with one attached hydrogen (secondary N) is 1. The van der Waals surface area contributed by atoms with E-state index in [2.05, 4.69) is 3.53 Å².